The van der Waals surface area contributed by atoms with Crippen LogP contribution in [0.4, 0.5) is 5.69 Å². The largest absolute Gasteiger partial charge is 0.494 e. The van der Waals surface area contributed by atoms with Crippen molar-refractivity contribution in [1.29, 1.82) is 0 Å². The van der Waals surface area contributed by atoms with E-state index < -0.39 is 0 Å². The van der Waals surface area contributed by atoms with Gasteiger partial charge in [-0.2, -0.15) is 0 Å². The Morgan fingerprint density at radius 2 is 1.70 bits per heavy atom. The van der Waals surface area contributed by atoms with E-state index >= 15 is 0 Å². The third kappa shape index (κ3) is 6.29. The van der Waals surface area contributed by atoms with E-state index in [2.05, 4.69) is 24.5 Å². The summed E-state index contributed by atoms with van der Waals surface area (Å²) in [6, 6.07) is 11.6. The molecule has 0 fully saturated rings. The zero-order chi connectivity index (χ0) is 19.8. The summed E-state index contributed by atoms with van der Waals surface area (Å²) in [5, 5.41) is 6.00. The first-order valence-corrected chi connectivity index (χ1v) is 9.40. The number of anilines is 1. The lowest BCUT2D eigenvalue weighted by Gasteiger charge is -2.11. The Morgan fingerprint density at radius 1 is 1.04 bits per heavy atom. The maximum atomic E-state index is 12.5. The molecular weight excluding hydrogens is 364 g/mol. The van der Waals surface area contributed by atoms with E-state index in [0.717, 1.165) is 6.42 Å². The van der Waals surface area contributed by atoms with Crippen molar-refractivity contribution >= 4 is 29.1 Å². The molecule has 144 valence electrons. The van der Waals surface area contributed by atoms with Gasteiger partial charge in [-0.05, 0) is 61.7 Å². The number of benzene rings is 2. The summed E-state index contributed by atoms with van der Waals surface area (Å²) in [5.41, 5.74) is 1.32. The first-order valence-electron chi connectivity index (χ1n) is 9.02. The summed E-state index contributed by atoms with van der Waals surface area (Å²) in [6.45, 7) is 7.26. The van der Waals surface area contributed by atoms with Crippen molar-refractivity contribution < 1.29 is 14.3 Å². The minimum Gasteiger partial charge on any atom is -0.494 e. The molecule has 2 rings (SSSR count). The van der Waals surface area contributed by atoms with Crippen LogP contribution in [0.25, 0.3) is 0 Å². The number of hydrogen-bond acceptors (Lipinski definition) is 3. The van der Waals surface area contributed by atoms with Gasteiger partial charge < -0.3 is 15.4 Å². The van der Waals surface area contributed by atoms with Gasteiger partial charge in [-0.1, -0.05) is 25.4 Å². The molecule has 0 aromatic heterocycles. The van der Waals surface area contributed by atoms with Gasteiger partial charge in [0.05, 0.1) is 17.3 Å². The molecule has 0 unspecified atom stereocenters. The standard InChI is InChI=1S/C21H25ClN2O3/c1-4-27-17-8-5-15(6-9-17)21(26)24-19-13-16(7-10-18(19)22)20(25)23-12-11-14(2)3/h5-10,13-14H,4,11-12H2,1-3H3,(H,23,25)(H,24,26). The van der Waals surface area contributed by atoms with Crippen LogP contribution in [0, 0.1) is 5.92 Å². The number of amides is 2. The number of rotatable bonds is 8. The van der Waals surface area contributed by atoms with Crippen LogP contribution in [0.3, 0.4) is 0 Å². The fourth-order valence-electron chi connectivity index (χ4n) is 2.40. The molecule has 0 aliphatic rings. The zero-order valence-electron chi connectivity index (χ0n) is 15.8. The highest BCUT2D eigenvalue weighted by atomic mass is 35.5. The molecule has 2 amide bonds. The van der Waals surface area contributed by atoms with E-state index in [4.69, 9.17) is 16.3 Å². The zero-order valence-corrected chi connectivity index (χ0v) is 16.6. The average molecular weight is 389 g/mol. The van der Waals surface area contributed by atoms with Gasteiger partial charge in [0.15, 0.2) is 0 Å². The van der Waals surface area contributed by atoms with Gasteiger partial charge in [0, 0.05) is 17.7 Å². The molecule has 0 atom stereocenters. The monoisotopic (exact) mass is 388 g/mol. The molecule has 2 aromatic rings. The molecule has 0 bridgehead atoms. The van der Waals surface area contributed by atoms with E-state index in [0.29, 0.717) is 46.7 Å². The van der Waals surface area contributed by atoms with Crippen molar-refractivity contribution in [3.05, 3.63) is 58.6 Å². The predicted octanol–water partition coefficient (Wildman–Crippen LogP) is 4.77. The smallest absolute Gasteiger partial charge is 0.255 e. The number of ether oxygens (including phenoxy) is 1. The summed E-state index contributed by atoms with van der Waals surface area (Å²) in [4.78, 5) is 24.7. The molecular formula is C21H25ClN2O3. The van der Waals surface area contributed by atoms with E-state index in [9.17, 15) is 9.59 Å². The van der Waals surface area contributed by atoms with E-state index in [1.807, 2.05) is 6.92 Å². The van der Waals surface area contributed by atoms with Crippen LogP contribution < -0.4 is 15.4 Å². The maximum absolute atomic E-state index is 12.5. The second-order valence-electron chi connectivity index (χ2n) is 6.54. The summed E-state index contributed by atoms with van der Waals surface area (Å²) in [5.74, 6) is 0.716. The van der Waals surface area contributed by atoms with Crippen molar-refractivity contribution in [3.63, 3.8) is 0 Å². The van der Waals surface area contributed by atoms with Gasteiger partial charge in [0.2, 0.25) is 0 Å². The third-order valence-corrected chi connectivity index (χ3v) is 4.24. The van der Waals surface area contributed by atoms with Crippen LogP contribution in [0.15, 0.2) is 42.5 Å². The molecule has 2 N–H and O–H groups in total. The molecule has 5 nitrogen and oxygen atoms in total. The lowest BCUT2D eigenvalue weighted by Crippen LogP contribution is -2.25. The minimum absolute atomic E-state index is 0.191. The van der Waals surface area contributed by atoms with Crippen molar-refractivity contribution in [2.24, 2.45) is 5.92 Å². The third-order valence-electron chi connectivity index (χ3n) is 3.91. The van der Waals surface area contributed by atoms with E-state index in [1.165, 1.54) is 0 Å². The molecule has 0 saturated heterocycles. The van der Waals surface area contributed by atoms with Gasteiger partial charge in [-0.15, -0.1) is 0 Å². The fourth-order valence-corrected chi connectivity index (χ4v) is 2.57. The van der Waals surface area contributed by atoms with Crippen LogP contribution in [0.2, 0.25) is 5.02 Å². The second-order valence-corrected chi connectivity index (χ2v) is 6.95. The lowest BCUT2D eigenvalue weighted by molar-refractivity contribution is 0.0950. The Hall–Kier alpha value is -2.53. The quantitative estimate of drug-likeness (QED) is 0.684. The summed E-state index contributed by atoms with van der Waals surface area (Å²) in [6.07, 6.45) is 0.903. The van der Waals surface area contributed by atoms with Gasteiger partial charge >= 0.3 is 0 Å². The Morgan fingerprint density at radius 3 is 2.33 bits per heavy atom. The van der Waals surface area contributed by atoms with E-state index in [-0.39, 0.29) is 11.8 Å². The topological polar surface area (TPSA) is 67.4 Å². The van der Waals surface area contributed by atoms with Crippen LogP contribution in [0.1, 0.15) is 47.9 Å². The van der Waals surface area contributed by atoms with Crippen molar-refractivity contribution in [2.45, 2.75) is 27.2 Å². The summed E-state index contributed by atoms with van der Waals surface area (Å²) < 4.78 is 5.37. The summed E-state index contributed by atoms with van der Waals surface area (Å²) >= 11 is 6.18. The number of hydrogen-bond donors (Lipinski definition) is 2. The van der Waals surface area contributed by atoms with Gasteiger partial charge in [-0.3, -0.25) is 9.59 Å². The first kappa shape index (κ1) is 20.8. The molecule has 0 aliphatic carbocycles. The first-order chi connectivity index (χ1) is 12.9. The van der Waals surface area contributed by atoms with Gasteiger partial charge in [0.1, 0.15) is 5.75 Å². The van der Waals surface area contributed by atoms with Crippen molar-refractivity contribution in [1.82, 2.24) is 5.32 Å². The predicted molar refractivity (Wildman–Crippen MR) is 109 cm³/mol. The Bertz CT molecular complexity index is 789. The Balaban J connectivity index is 2.06. The number of carbonyl (C=O) groups excluding carboxylic acids is 2. The highest BCUT2D eigenvalue weighted by molar-refractivity contribution is 6.34. The lowest BCUT2D eigenvalue weighted by atomic mass is 10.1. The molecule has 0 aliphatic heterocycles. The number of halogens is 1. The second kappa shape index (κ2) is 9.97. The normalized spacial score (nSPS) is 10.6. The molecule has 6 heteroatoms. The highest BCUT2D eigenvalue weighted by Crippen LogP contribution is 2.24. The SMILES string of the molecule is CCOc1ccc(C(=O)Nc2cc(C(=O)NCCC(C)C)ccc2Cl)cc1. The van der Waals surface area contributed by atoms with Gasteiger partial charge in [-0.25, -0.2) is 0 Å². The molecule has 0 radical (unpaired) electrons. The molecule has 27 heavy (non-hydrogen) atoms. The highest BCUT2D eigenvalue weighted by Gasteiger charge is 2.12. The number of nitrogens with one attached hydrogen (secondary N) is 2. The average Bonchev–Trinajstić information content (AvgIpc) is 2.64. The maximum Gasteiger partial charge on any atom is 0.255 e. The molecule has 2 aromatic carbocycles. The van der Waals surface area contributed by atoms with Crippen molar-refractivity contribution in [3.8, 4) is 5.75 Å². The molecule has 0 saturated carbocycles. The molecule has 0 heterocycles. The van der Waals surface area contributed by atoms with Crippen molar-refractivity contribution in [2.75, 3.05) is 18.5 Å². The number of carbonyl (C=O) groups is 2. The Labute approximate surface area is 165 Å². The van der Waals surface area contributed by atoms with E-state index in [1.54, 1.807) is 42.5 Å². The van der Waals surface area contributed by atoms with Gasteiger partial charge in [0.25, 0.3) is 11.8 Å². The fraction of sp³-hybridized carbons (Fsp3) is 0.333. The summed E-state index contributed by atoms with van der Waals surface area (Å²) in [7, 11) is 0. The van der Waals surface area contributed by atoms with Crippen LogP contribution >= 0.6 is 11.6 Å². The minimum atomic E-state index is -0.308. The Kier molecular flexibility index (Phi) is 7.67. The van der Waals surface area contributed by atoms with Crippen LogP contribution in [0.5, 0.6) is 5.75 Å². The molecule has 0 spiro atoms. The van der Waals surface area contributed by atoms with Crippen LogP contribution in [-0.2, 0) is 0 Å². The van der Waals surface area contributed by atoms with Crippen LogP contribution in [-0.4, -0.2) is 25.0 Å².